The zero-order valence-electron chi connectivity index (χ0n) is 10.4. The zero-order chi connectivity index (χ0) is 12.3. The van der Waals surface area contributed by atoms with Crippen molar-refractivity contribution in [2.24, 2.45) is 0 Å². The zero-order valence-corrected chi connectivity index (χ0v) is 10.4. The monoisotopic (exact) mass is 238 g/mol. The van der Waals surface area contributed by atoms with E-state index in [4.69, 9.17) is 4.74 Å². The van der Waals surface area contributed by atoms with Crippen molar-refractivity contribution in [3.63, 3.8) is 0 Å². The molecule has 1 atom stereocenters. The van der Waals surface area contributed by atoms with Crippen LogP contribution >= 0.6 is 0 Å². The van der Waals surface area contributed by atoms with Gasteiger partial charge in [0, 0.05) is 26.7 Å². The summed E-state index contributed by atoms with van der Waals surface area (Å²) in [6, 6.07) is 5.43. The summed E-state index contributed by atoms with van der Waals surface area (Å²) in [4.78, 5) is 2.05. The Morgan fingerprint density at radius 2 is 2.35 bits per heavy atom. The fourth-order valence-electron chi connectivity index (χ4n) is 2.26. The summed E-state index contributed by atoms with van der Waals surface area (Å²) in [5, 5.41) is 3.02. The average Bonchev–Trinajstić information content (AvgIpc) is 2.78. The largest absolute Gasteiger partial charge is 0.380 e. The van der Waals surface area contributed by atoms with Crippen LogP contribution in [0.15, 0.2) is 18.2 Å². The minimum absolute atomic E-state index is 0.144. The number of hydrogen-bond donors (Lipinski definition) is 1. The fraction of sp³-hybridized carbons (Fsp3) is 0.538. The highest BCUT2D eigenvalue weighted by molar-refractivity contribution is 5.50. The van der Waals surface area contributed by atoms with Crippen LogP contribution in [-0.4, -0.2) is 33.4 Å². The first-order chi connectivity index (χ1) is 8.24. The molecule has 1 unspecified atom stereocenters. The Morgan fingerprint density at radius 1 is 1.53 bits per heavy atom. The van der Waals surface area contributed by atoms with E-state index in [9.17, 15) is 4.39 Å². The minimum Gasteiger partial charge on any atom is -0.380 e. The van der Waals surface area contributed by atoms with Gasteiger partial charge in [-0.2, -0.15) is 0 Å². The molecular formula is C13H19FN2O. The molecule has 1 N–H and O–H groups in total. The highest BCUT2D eigenvalue weighted by Gasteiger charge is 2.24. The maximum Gasteiger partial charge on any atom is 0.146 e. The number of nitrogens with zero attached hydrogens (tertiary/aromatic N) is 1. The number of hydrogen-bond acceptors (Lipinski definition) is 3. The number of rotatable bonds is 4. The molecule has 1 heterocycles. The first-order valence-electron chi connectivity index (χ1n) is 5.95. The molecule has 0 bridgehead atoms. The predicted molar refractivity (Wildman–Crippen MR) is 66.8 cm³/mol. The van der Waals surface area contributed by atoms with Gasteiger partial charge >= 0.3 is 0 Å². The van der Waals surface area contributed by atoms with Crippen LogP contribution in [0.4, 0.5) is 10.1 Å². The van der Waals surface area contributed by atoms with Gasteiger partial charge in [0.1, 0.15) is 5.82 Å². The van der Waals surface area contributed by atoms with Crippen LogP contribution < -0.4 is 10.2 Å². The van der Waals surface area contributed by atoms with E-state index in [1.54, 1.807) is 13.2 Å². The third-order valence-corrected chi connectivity index (χ3v) is 3.21. The molecule has 2 rings (SSSR count). The van der Waals surface area contributed by atoms with Gasteiger partial charge < -0.3 is 15.0 Å². The number of nitrogens with one attached hydrogen (secondary N) is 1. The second-order valence-corrected chi connectivity index (χ2v) is 4.41. The number of benzene rings is 1. The molecule has 1 aromatic carbocycles. The lowest BCUT2D eigenvalue weighted by molar-refractivity contribution is 0.121. The molecule has 0 aromatic heterocycles. The van der Waals surface area contributed by atoms with E-state index in [0.717, 1.165) is 25.1 Å². The summed E-state index contributed by atoms with van der Waals surface area (Å²) in [7, 11) is 3.57. The maximum absolute atomic E-state index is 13.9. The Kier molecular flexibility index (Phi) is 3.97. The van der Waals surface area contributed by atoms with Crippen LogP contribution in [0.1, 0.15) is 12.0 Å². The molecular weight excluding hydrogens is 219 g/mol. The Balaban J connectivity index is 2.11. The van der Waals surface area contributed by atoms with Crippen molar-refractivity contribution in [1.29, 1.82) is 0 Å². The molecule has 4 heteroatoms. The molecule has 0 saturated carbocycles. The molecule has 1 saturated heterocycles. The SMILES string of the molecule is CNCc1ccc(N2CCC(OC)C2)c(F)c1. The lowest BCUT2D eigenvalue weighted by Crippen LogP contribution is -2.23. The molecule has 94 valence electrons. The fourth-order valence-corrected chi connectivity index (χ4v) is 2.26. The van der Waals surface area contributed by atoms with E-state index in [0.29, 0.717) is 12.2 Å². The Bertz CT molecular complexity index is 384. The van der Waals surface area contributed by atoms with Gasteiger partial charge in [0.15, 0.2) is 0 Å². The van der Waals surface area contributed by atoms with Crippen molar-refractivity contribution in [1.82, 2.24) is 5.32 Å². The highest BCUT2D eigenvalue weighted by Crippen LogP contribution is 2.25. The van der Waals surface area contributed by atoms with Crippen LogP contribution in [-0.2, 0) is 11.3 Å². The van der Waals surface area contributed by atoms with Gasteiger partial charge in [-0.05, 0) is 31.2 Å². The van der Waals surface area contributed by atoms with E-state index < -0.39 is 0 Å². The summed E-state index contributed by atoms with van der Waals surface area (Å²) in [5.74, 6) is -0.144. The van der Waals surface area contributed by atoms with Crippen LogP contribution in [0.3, 0.4) is 0 Å². The third-order valence-electron chi connectivity index (χ3n) is 3.21. The molecule has 0 radical (unpaired) electrons. The summed E-state index contributed by atoms with van der Waals surface area (Å²) < 4.78 is 19.2. The van der Waals surface area contributed by atoms with Gasteiger partial charge in [-0.3, -0.25) is 0 Å². The molecule has 1 aliphatic rings. The van der Waals surface area contributed by atoms with Crippen molar-refractivity contribution in [2.75, 3.05) is 32.1 Å². The van der Waals surface area contributed by atoms with E-state index in [-0.39, 0.29) is 11.9 Å². The summed E-state index contributed by atoms with van der Waals surface area (Å²) >= 11 is 0. The van der Waals surface area contributed by atoms with Crippen molar-refractivity contribution < 1.29 is 9.13 Å². The minimum atomic E-state index is -0.144. The van der Waals surface area contributed by atoms with E-state index >= 15 is 0 Å². The number of methoxy groups -OCH3 is 1. The van der Waals surface area contributed by atoms with E-state index in [1.165, 1.54) is 0 Å². The smallest absolute Gasteiger partial charge is 0.146 e. The van der Waals surface area contributed by atoms with Gasteiger partial charge in [0.05, 0.1) is 11.8 Å². The summed E-state index contributed by atoms with van der Waals surface area (Å²) in [5.41, 5.74) is 1.65. The summed E-state index contributed by atoms with van der Waals surface area (Å²) in [6.07, 6.45) is 1.19. The van der Waals surface area contributed by atoms with E-state index in [1.807, 2.05) is 24.1 Å². The molecule has 0 aliphatic carbocycles. The van der Waals surface area contributed by atoms with Gasteiger partial charge in [0.25, 0.3) is 0 Å². The van der Waals surface area contributed by atoms with Crippen LogP contribution in [0.2, 0.25) is 0 Å². The maximum atomic E-state index is 13.9. The van der Waals surface area contributed by atoms with Gasteiger partial charge in [-0.15, -0.1) is 0 Å². The van der Waals surface area contributed by atoms with Gasteiger partial charge in [-0.1, -0.05) is 6.07 Å². The Morgan fingerprint density at radius 3 is 2.94 bits per heavy atom. The number of halogens is 1. The Hall–Kier alpha value is -1.13. The number of anilines is 1. The van der Waals surface area contributed by atoms with Crippen LogP contribution in [0.5, 0.6) is 0 Å². The molecule has 17 heavy (non-hydrogen) atoms. The second kappa shape index (κ2) is 5.47. The van der Waals surface area contributed by atoms with Crippen LogP contribution in [0.25, 0.3) is 0 Å². The normalized spacial score (nSPS) is 19.9. The lowest BCUT2D eigenvalue weighted by Gasteiger charge is -2.19. The van der Waals surface area contributed by atoms with E-state index in [2.05, 4.69) is 5.32 Å². The predicted octanol–water partition coefficient (Wildman–Crippen LogP) is 1.77. The Labute approximate surface area is 102 Å². The molecule has 1 aliphatic heterocycles. The third kappa shape index (κ3) is 2.76. The van der Waals surface area contributed by atoms with Crippen LogP contribution in [0, 0.1) is 5.82 Å². The molecule has 1 fully saturated rings. The van der Waals surface area contributed by atoms with Crippen molar-refractivity contribution in [3.05, 3.63) is 29.6 Å². The average molecular weight is 238 g/mol. The second-order valence-electron chi connectivity index (χ2n) is 4.41. The standard InChI is InChI=1S/C13H19FN2O/c1-15-8-10-3-4-13(12(14)7-10)16-6-5-11(9-16)17-2/h3-4,7,11,15H,5-6,8-9H2,1-2H3. The lowest BCUT2D eigenvalue weighted by atomic mass is 10.2. The molecule has 3 nitrogen and oxygen atoms in total. The van der Waals surface area contributed by atoms with Crippen molar-refractivity contribution >= 4 is 5.69 Å². The molecule has 0 amide bonds. The molecule has 1 aromatic rings. The molecule has 0 spiro atoms. The van der Waals surface area contributed by atoms with Gasteiger partial charge in [-0.25, -0.2) is 4.39 Å². The number of ether oxygens (including phenoxy) is 1. The topological polar surface area (TPSA) is 24.5 Å². The van der Waals surface area contributed by atoms with Crippen molar-refractivity contribution in [2.45, 2.75) is 19.1 Å². The first-order valence-corrected chi connectivity index (χ1v) is 5.95. The first kappa shape index (κ1) is 12.3. The quantitative estimate of drug-likeness (QED) is 0.865. The van der Waals surface area contributed by atoms with Gasteiger partial charge in [0.2, 0.25) is 0 Å². The van der Waals surface area contributed by atoms with Crippen molar-refractivity contribution in [3.8, 4) is 0 Å². The summed E-state index contributed by atoms with van der Waals surface area (Å²) in [6.45, 7) is 2.33. The highest BCUT2D eigenvalue weighted by atomic mass is 19.1.